The van der Waals surface area contributed by atoms with E-state index in [-0.39, 0.29) is 19.4 Å². The van der Waals surface area contributed by atoms with Crippen LogP contribution in [0.2, 0.25) is 0 Å². The summed E-state index contributed by atoms with van der Waals surface area (Å²) < 4.78 is 17.3. The molecular formula is C11H22FNO2. The lowest BCUT2D eigenvalue weighted by atomic mass is 10.1. The van der Waals surface area contributed by atoms with Gasteiger partial charge in [0.15, 0.2) is 0 Å². The van der Waals surface area contributed by atoms with Crippen molar-refractivity contribution in [2.45, 2.75) is 38.3 Å². The molecule has 15 heavy (non-hydrogen) atoms. The summed E-state index contributed by atoms with van der Waals surface area (Å²) in [6.07, 6.45) is 2.61. The molecule has 1 fully saturated rings. The standard InChI is InChI=1S/C11H22FNO2/c1-10-9-15-11(8-14)7-13(10)6-4-2-3-5-12/h10-11,14H,2-9H2,1H3/t10-,11+/m0/s1. The van der Waals surface area contributed by atoms with Crippen molar-refractivity contribution in [2.75, 3.05) is 33.0 Å². The normalized spacial score (nSPS) is 28.2. The smallest absolute Gasteiger partial charge is 0.0933 e. The Bertz CT molecular complexity index is 169. The van der Waals surface area contributed by atoms with Gasteiger partial charge in [-0.2, -0.15) is 0 Å². The quantitative estimate of drug-likeness (QED) is 0.682. The van der Waals surface area contributed by atoms with Gasteiger partial charge in [0, 0.05) is 12.6 Å². The predicted octanol–water partition coefficient (Wildman–Crippen LogP) is 1.21. The molecule has 4 heteroatoms. The van der Waals surface area contributed by atoms with E-state index in [4.69, 9.17) is 9.84 Å². The molecule has 0 unspecified atom stereocenters. The molecule has 0 bridgehead atoms. The average Bonchev–Trinajstić information content (AvgIpc) is 2.26. The Morgan fingerprint density at radius 3 is 2.87 bits per heavy atom. The molecule has 0 aromatic heterocycles. The number of unbranched alkanes of at least 4 members (excludes halogenated alkanes) is 2. The van der Waals surface area contributed by atoms with Gasteiger partial charge < -0.3 is 9.84 Å². The van der Waals surface area contributed by atoms with Gasteiger partial charge in [0.25, 0.3) is 0 Å². The first-order chi connectivity index (χ1) is 7.27. The first-order valence-electron chi connectivity index (χ1n) is 5.80. The minimum absolute atomic E-state index is 0.0395. The highest BCUT2D eigenvalue weighted by Gasteiger charge is 2.24. The first kappa shape index (κ1) is 12.9. The van der Waals surface area contributed by atoms with Crippen LogP contribution in [0.1, 0.15) is 26.2 Å². The third-order valence-corrected chi connectivity index (χ3v) is 2.92. The number of rotatable bonds is 6. The van der Waals surface area contributed by atoms with Gasteiger partial charge in [-0.05, 0) is 32.7 Å². The third kappa shape index (κ3) is 4.45. The van der Waals surface area contributed by atoms with Crippen LogP contribution in [0.25, 0.3) is 0 Å². The highest BCUT2D eigenvalue weighted by molar-refractivity contribution is 4.76. The summed E-state index contributed by atoms with van der Waals surface area (Å²) in [6, 6.07) is 0.415. The lowest BCUT2D eigenvalue weighted by Crippen LogP contribution is -2.49. The second kappa shape index (κ2) is 7.14. The van der Waals surface area contributed by atoms with E-state index < -0.39 is 0 Å². The van der Waals surface area contributed by atoms with Crippen LogP contribution in [-0.2, 0) is 4.74 Å². The molecule has 1 saturated heterocycles. The van der Waals surface area contributed by atoms with E-state index in [2.05, 4.69) is 11.8 Å². The number of alkyl halides is 1. The van der Waals surface area contributed by atoms with E-state index in [9.17, 15) is 4.39 Å². The van der Waals surface area contributed by atoms with Gasteiger partial charge in [0.1, 0.15) is 0 Å². The molecule has 90 valence electrons. The molecule has 1 aliphatic heterocycles. The summed E-state index contributed by atoms with van der Waals surface area (Å²) in [7, 11) is 0. The molecule has 2 atom stereocenters. The van der Waals surface area contributed by atoms with Crippen molar-refractivity contribution < 1.29 is 14.2 Å². The van der Waals surface area contributed by atoms with Gasteiger partial charge in [-0.25, -0.2) is 0 Å². The van der Waals surface area contributed by atoms with Crippen molar-refractivity contribution in [3.05, 3.63) is 0 Å². The van der Waals surface area contributed by atoms with Crippen LogP contribution < -0.4 is 0 Å². The monoisotopic (exact) mass is 219 g/mol. The number of ether oxygens (including phenoxy) is 1. The molecule has 1 aliphatic rings. The molecule has 1 heterocycles. The Labute approximate surface area is 91.2 Å². The first-order valence-corrected chi connectivity index (χ1v) is 5.80. The zero-order valence-corrected chi connectivity index (χ0v) is 9.49. The molecule has 0 radical (unpaired) electrons. The van der Waals surface area contributed by atoms with E-state index >= 15 is 0 Å². The number of aliphatic hydroxyl groups is 1. The Morgan fingerprint density at radius 2 is 2.20 bits per heavy atom. The molecule has 0 aromatic rings. The van der Waals surface area contributed by atoms with Gasteiger partial charge in [0.2, 0.25) is 0 Å². The number of nitrogens with zero attached hydrogens (tertiary/aromatic N) is 1. The molecule has 3 nitrogen and oxygen atoms in total. The fourth-order valence-electron chi connectivity index (χ4n) is 1.88. The van der Waals surface area contributed by atoms with Gasteiger partial charge in [-0.1, -0.05) is 0 Å². The fourth-order valence-corrected chi connectivity index (χ4v) is 1.88. The second-order valence-corrected chi connectivity index (χ2v) is 4.23. The van der Waals surface area contributed by atoms with Crippen molar-refractivity contribution in [3.63, 3.8) is 0 Å². The van der Waals surface area contributed by atoms with Crippen LogP contribution >= 0.6 is 0 Å². The summed E-state index contributed by atoms with van der Waals surface area (Å²) in [5, 5.41) is 9.00. The summed E-state index contributed by atoms with van der Waals surface area (Å²) in [5.41, 5.74) is 0. The van der Waals surface area contributed by atoms with Crippen molar-refractivity contribution in [2.24, 2.45) is 0 Å². The Hall–Kier alpha value is -0.190. The van der Waals surface area contributed by atoms with Crippen LogP contribution in [0.4, 0.5) is 4.39 Å². The number of halogens is 1. The predicted molar refractivity (Wildman–Crippen MR) is 57.7 cm³/mol. The highest BCUT2D eigenvalue weighted by Crippen LogP contribution is 2.12. The maximum atomic E-state index is 11.9. The van der Waals surface area contributed by atoms with Crippen molar-refractivity contribution in [1.29, 1.82) is 0 Å². The highest BCUT2D eigenvalue weighted by atomic mass is 19.1. The summed E-state index contributed by atoms with van der Waals surface area (Å²) in [6.45, 7) is 4.48. The average molecular weight is 219 g/mol. The molecule has 0 saturated carbocycles. The Morgan fingerprint density at radius 1 is 1.40 bits per heavy atom. The van der Waals surface area contributed by atoms with Crippen LogP contribution in [-0.4, -0.2) is 55.1 Å². The maximum Gasteiger partial charge on any atom is 0.0933 e. The number of morpholine rings is 1. The van der Waals surface area contributed by atoms with E-state index in [1.54, 1.807) is 0 Å². The van der Waals surface area contributed by atoms with Crippen molar-refractivity contribution >= 4 is 0 Å². The van der Waals surface area contributed by atoms with Crippen LogP contribution in [0.3, 0.4) is 0 Å². The topological polar surface area (TPSA) is 32.7 Å². The van der Waals surface area contributed by atoms with E-state index in [0.717, 1.165) is 25.9 Å². The summed E-state index contributed by atoms with van der Waals surface area (Å²) in [4.78, 5) is 2.32. The summed E-state index contributed by atoms with van der Waals surface area (Å²) >= 11 is 0. The van der Waals surface area contributed by atoms with Crippen LogP contribution in [0, 0.1) is 0 Å². The fraction of sp³-hybridized carbons (Fsp3) is 1.00. The SMILES string of the molecule is C[C@H]1CO[C@@H](CO)CN1CCCCCF. The molecule has 1 rings (SSSR count). The number of aliphatic hydroxyl groups excluding tert-OH is 1. The molecular weight excluding hydrogens is 197 g/mol. The number of hydrogen-bond acceptors (Lipinski definition) is 3. The molecule has 0 aromatic carbocycles. The van der Waals surface area contributed by atoms with Gasteiger partial charge >= 0.3 is 0 Å². The Balaban J connectivity index is 2.19. The molecule has 0 amide bonds. The van der Waals surface area contributed by atoms with Crippen molar-refractivity contribution in [3.8, 4) is 0 Å². The van der Waals surface area contributed by atoms with Crippen molar-refractivity contribution in [1.82, 2.24) is 4.90 Å². The van der Waals surface area contributed by atoms with Crippen LogP contribution in [0.15, 0.2) is 0 Å². The Kier molecular flexibility index (Phi) is 6.13. The largest absolute Gasteiger partial charge is 0.394 e. The molecule has 0 aliphatic carbocycles. The van der Waals surface area contributed by atoms with Crippen LogP contribution in [0.5, 0.6) is 0 Å². The minimum atomic E-state index is -0.210. The lowest BCUT2D eigenvalue weighted by molar-refractivity contribution is -0.0779. The van der Waals surface area contributed by atoms with E-state index in [0.29, 0.717) is 19.1 Å². The van der Waals surface area contributed by atoms with Gasteiger partial charge in [-0.3, -0.25) is 9.29 Å². The van der Waals surface area contributed by atoms with E-state index in [1.807, 2.05) is 0 Å². The molecule has 1 N–H and O–H groups in total. The minimum Gasteiger partial charge on any atom is -0.394 e. The van der Waals surface area contributed by atoms with Gasteiger partial charge in [0.05, 0.1) is 26.0 Å². The zero-order chi connectivity index (χ0) is 11.1. The number of hydrogen-bond donors (Lipinski definition) is 1. The van der Waals surface area contributed by atoms with Gasteiger partial charge in [-0.15, -0.1) is 0 Å². The second-order valence-electron chi connectivity index (χ2n) is 4.23. The maximum absolute atomic E-state index is 11.9. The lowest BCUT2D eigenvalue weighted by Gasteiger charge is -2.37. The third-order valence-electron chi connectivity index (χ3n) is 2.92. The summed E-state index contributed by atoms with van der Waals surface area (Å²) in [5.74, 6) is 0. The molecule has 0 spiro atoms. The zero-order valence-electron chi connectivity index (χ0n) is 9.49. The van der Waals surface area contributed by atoms with E-state index in [1.165, 1.54) is 0 Å².